The van der Waals surface area contributed by atoms with Crippen LogP contribution in [0.4, 0.5) is 13.2 Å². The Bertz CT molecular complexity index is 902. The first kappa shape index (κ1) is 19.8. The summed E-state index contributed by atoms with van der Waals surface area (Å²) >= 11 is 4.63. The molecule has 0 heterocycles. The smallest absolute Gasteiger partial charge is 0.246 e. The number of alkyl halides is 3. The first-order valence-electron chi connectivity index (χ1n) is 8.95. The van der Waals surface area contributed by atoms with E-state index in [-0.39, 0.29) is 6.04 Å². The van der Waals surface area contributed by atoms with Gasteiger partial charge in [0.25, 0.3) is 0 Å². The molecule has 0 aliphatic rings. The van der Waals surface area contributed by atoms with Gasteiger partial charge in [0.2, 0.25) is 0 Å². The SMILES string of the molecule is C[C@H](c1cccc2ccccc12)N(S)CCCc1cccc(C(F)(F)F)c1. The molecule has 5 heteroatoms. The molecular weight excluding hydrogens is 367 g/mol. The predicted molar refractivity (Wildman–Crippen MR) is 108 cm³/mol. The lowest BCUT2D eigenvalue weighted by Gasteiger charge is -2.25. The molecule has 3 rings (SSSR count). The van der Waals surface area contributed by atoms with Crippen LogP contribution in [0.3, 0.4) is 0 Å². The Kier molecular flexibility index (Phi) is 6.12. The van der Waals surface area contributed by atoms with Gasteiger partial charge >= 0.3 is 6.18 Å². The molecule has 0 unspecified atom stereocenters. The van der Waals surface area contributed by atoms with Crippen LogP contribution in [0.2, 0.25) is 0 Å². The Labute approximate surface area is 163 Å². The third-order valence-electron chi connectivity index (χ3n) is 4.83. The van der Waals surface area contributed by atoms with Crippen molar-refractivity contribution < 1.29 is 13.2 Å². The van der Waals surface area contributed by atoms with Gasteiger partial charge in [-0.2, -0.15) is 13.2 Å². The molecule has 0 aromatic heterocycles. The lowest BCUT2D eigenvalue weighted by Crippen LogP contribution is -2.19. The molecule has 0 amide bonds. The molecular formula is C22H22F3NS. The van der Waals surface area contributed by atoms with Crippen molar-refractivity contribution in [3.8, 4) is 0 Å². The number of thiol groups is 1. The molecule has 0 saturated carbocycles. The van der Waals surface area contributed by atoms with Crippen LogP contribution in [0.1, 0.15) is 36.1 Å². The van der Waals surface area contributed by atoms with E-state index in [0.29, 0.717) is 18.5 Å². The molecule has 142 valence electrons. The topological polar surface area (TPSA) is 3.24 Å². The van der Waals surface area contributed by atoms with Crippen LogP contribution < -0.4 is 0 Å². The summed E-state index contributed by atoms with van der Waals surface area (Å²) in [6, 6.07) is 20.1. The van der Waals surface area contributed by atoms with E-state index in [0.717, 1.165) is 12.5 Å². The zero-order valence-corrected chi connectivity index (χ0v) is 16.0. The number of hydrogen-bond acceptors (Lipinski definition) is 2. The first-order valence-corrected chi connectivity index (χ1v) is 9.35. The standard InChI is InChI=1S/C22H22F3NS/c1-16(20-13-5-10-18-9-2-3-12-21(18)20)26(27)14-6-8-17-7-4-11-19(15-17)22(23,24)25/h2-5,7,9-13,15-16,27H,6,8,14H2,1H3/t16-/m1/s1. The van der Waals surface area contributed by atoms with E-state index < -0.39 is 11.7 Å². The van der Waals surface area contributed by atoms with Crippen molar-refractivity contribution in [3.05, 3.63) is 83.4 Å². The molecule has 0 N–H and O–H groups in total. The monoisotopic (exact) mass is 389 g/mol. The third-order valence-corrected chi connectivity index (χ3v) is 5.37. The lowest BCUT2D eigenvalue weighted by molar-refractivity contribution is -0.137. The van der Waals surface area contributed by atoms with E-state index in [1.807, 2.05) is 22.5 Å². The maximum absolute atomic E-state index is 12.8. The van der Waals surface area contributed by atoms with E-state index in [2.05, 4.69) is 44.0 Å². The van der Waals surface area contributed by atoms with Crippen LogP contribution in [0.25, 0.3) is 10.8 Å². The van der Waals surface area contributed by atoms with E-state index in [1.54, 1.807) is 6.07 Å². The minimum Gasteiger partial charge on any atom is -0.246 e. The molecule has 0 fully saturated rings. The van der Waals surface area contributed by atoms with Crippen LogP contribution in [0.15, 0.2) is 66.7 Å². The molecule has 0 spiro atoms. The average Bonchev–Trinajstić information content (AvgIpc) is 2.66. The molecule has 1 nitrogen and oxygen atoms in total. The molecule has 0 radical (unpaired) electrons. The highest BCUT2D eigenvalue weighted by Gasteiger charge is 2.30. The maximum atomic E-state index is 12.8. The average molecular weight is 389 g/mol. The molecule has 0 aliphatic heterocycles. The molecule has 1 atom stereocenters. The summed E-state index contributed by atoms with van der Waals surface area (Å²) in [7, 11) is 0. The fraction of sp³-hybridized carbons (Fsp3) is 0.273. The van der Waals surface area contributed by atoms with Gasteiger partial charge in [0.05, 0.1) is 5.56 Å². The second kappa shape index (κ2) is 8.36. The Balaban J connectivity index is 1.63. The second-order valence-corrected chi connectivity index (χ2v) is 7.22. The van der Waals surface area contributed by atoms with Crippen molar-refractivity contribution in [2.24, 2.45) is 0 Å². The summed E-state index contributed by atoms with van der Waals surface area (Å²) in [5.41, 5.74) is 1.30. The van der Waals surface area contributed by atoms with E-state index in [1.165, 1.54) is 28.5 Å². The zero-order chi connectivity index (χ0) is 19.4. The summed E-state index contributed by atoms with van der Waals surface area (Å²) in [5, 5.41) is 2.39. The highest BCUT2D eigenvalue weighted by molar-refractivity contribution is 7.77. The number of nitrogens with zero attached hydrogens (tertiary/aromatic N) is 1. The van der Waals surface area contributed by atoms with E-state index in [4.69, 9.17) is 0 Å². The molecule has 3 aromatic rings. The number of fused-ring (bicyclic) bond motifs is 1. The molecule has 3 aromatic carbocycles. The van der Waals surface area contributed by atoms with E-state index in [9.17, 15) is 13.2 Å². The predicted octanol–water partition coefficient (Wildman–Crippen LogP) is 6.70. The van der Waals surface area contributed by atoms with Crippen molar-refractivity contribution in [1.82, 2.24) is 4.31 Å². The minimum atomic E-state index is -4.30. The summed E-state index contributed by atoms with van der Waals surface area (Å²) in [6.07, 6.45) is -2.97. The van der Waals surface area contributed by atoms with Crippen molar-refractivity contribution >= 4 is 23.6 Å². The summed E-state index contributed by atoms with van der Waals surface area (Å²) < 4.78 is 40.4. The fourth-order valence-corrected chi connectivity index (χ4v) is 3.58. The van der Waals surface area contributed by atoms with Crippen LogP contribution >= 0.6 is 12.8 Å². The molecule has 0 saturated heterocycles. The maximum Gasteiger partial charge on any atom is 0.416 e. The van der Waals surface area contributed by atoms with Crippen LogP contribution in [0, 0.1) is 0 Å². The number of halogens is 3. The molecule has 0 bridgehead atoms. The zero-order valence-electron chi connectivity index (χ0n) is 15.1. The van der Waals surface area contributed by atoms with Gasteiger partial charge in [0, 0.05) is 12.6 Å². The number of aryl methyl sites for hydroxylation is 1. The first-order chi connectivity index (χ1) is 12.9. The summed E-state index contributed by atoms with van der Waals surface area (Å²) in [4.78, 5) is 0. The van der Waals surface area contributed by atoms with Gasteiger partial charge in [-0.3, -0.25) is 0 Å². The largest absolute Gasteiger partial charge is 0.416 e. The normalized spacial score (nSPS) is 13.3. The minimum absolute atomic E-state index is 0.0981. The summed E-state index contributed by atoms with van der Waals surface area (Å²) in [6.45, 7) is 2.78. The van der Waals surface area contributed by atoms with Crippen molar-refractivity contribution in [2.45, 2.75) is 32.0 Å². The Hall–Kier alpha value is -1.98. The van der Waals surface area contributed by atoms with Crippen molar-refractivity contribution in [1.29, 1.82) is 0 Å². The van der Waals surface area contributed by atoms with Crippen molar-refractivity contribution in [2.75, 3.05) is 6.54 Å². The highest BCUT2D eigenvalue weighted by Crippen LogP contribution is 2.31. The highest BCUT2D eigenvalue weighted by atomic mass is 32.1. The Morgan fingerprint density at radius 3 is 2.44 bits per heavy atom. The molecule has 0 aliphatic carbocycles. The Morgan fingerprint density at radius 2 is 1.67 bits per heavy atom. The Morgan fingerprint density at radius 1 is 0.963 bits per heavy atom. The van der Waals surface area contributed by atoms with Gasteiger partial charge < -0.3 is 0 Å². The van der Waals surface area contributed by atoms with Crippen LogP contribution in [-0.4, -0.2) is 10.8 Å². The van der Waals surface area contributed by atoms with Gasteiger partial charge in [-0.25, -0.2) is 4.31 Å². The fourth-order valence-electron chi connectivity index (χ4n) is 3.32. The van der Waals surface area contributed by atoms with Crippen molar-refractivity contribution in [3.63, 3.8) is 0 Å². The number of benzene rings is 3. The quantitative estimate of drug-likeness (QED) is 0.459. The third kappa shape index (κ3) is 4.85. The van der Waals surface area contributed by atoms with Crippen LogP contribution in [-0.2, 0) is 12.6 Å². The number of hydrogen-bond donors (Lipinski definition) is 1. The summed E-state index contributed by atoms with van der Waals surface area (Å²) in [5.74, 6) is 0. The lowest BCUT2D eigenvalue weighted by atomic mass is 9.99. The number of rotatable bonds is 6. The van der Waals surface area contributed by atoms with Gasteiger partial charge in [-0.1, -0.05) is 73.5 Å². The van der Waals surface area contributed by atoms with Gasteiger partial charge in [-0.05, 0) is 47.7 Å². The van der Waals surface area contributed by atoms with E-state index >= 15 is 0 Å². The van der Waals surface area contributed by atoms with Gasteiger partial charge in [0.15, 0.2) is 0 Å². The molecule has 27 heavy (non-hydrogen) atoms. The van der Waals surface area contributed by atoms with Gasteiger partial charge in [0.1, 0.15) is 0 Å². The van der Waals surface area contributed by atoms with Crippen LogP contribution in [0.5, 0.6) is 0 Å². The second-order valence-electron chi connectivity index (χ2n) is 6.71. The van der Waals surface area contributed by atoms with Gasteiger partial charge in [-0.15, -0.1) is 0 Å².